The van der Waals surface area contributed by atoms with Crippen LogP contribution in [0, 0.1) is 6.92 Å². The van der Waals surface area contributed by atoms with Crippen molar-refractivity contribution in [1.29, 1.82) is 0 Å². The van der Waals surface area contributed by atoms with Gasteiger partial charge in [-0.3, -0.25) is 9.36 Å². The van der Waals surface area contributed by atoms with Gasteiger partial charge in [-0.05, 0) is 43.9 Å². The number of carboxylic acids is 1. The zero-order valence-electron chi connectivity index (χ0n) is 14.3. The van der Waals surface area contributed by atoms with Crippen LogP contribution in [-0.4, -0.2) is 46.8 Å². The molecule has 1 N–H and O–H groups in total. The quantitative estimate of drug-likeness (QED) is 0.901. The average molecular weight is 365 g/mol. The molecule has 0 aliphatic carbocycles. The van der Waals surface area contributed by atoms with Gasteiger partial charge in [-0.25, -0.2) is 4.79 Å². The normalized spacial score (nSPS) is 14.8. The summed E-state index contributed by atoms with van der Waals surface area (Å²) < 4.78 is 6.84. The Kier molecular flexibility index (Phi) is 4.90. The van der Waals surface area contributed by atoms with E-state index in [2.05, 4.69) is 0 Å². The van der Waals surface area contributed by atoms with E-state index < -0.39 is 5.97 Å². The second-order valence-corrected chi connectivity index (χ2v) is 6.65. The number of carbonyl (C=O) groups excluding carboxylic acids is 1. The molecule has 25 heavy (non-hydrogen) atoms. The number of aliphatic carboxylic acids is 1. The lowest BCUT2D eigenvalue weighted by Crippen LogP contribution is -2.38. The van der Waals surface area contributed by atoms with Crippen molar-refractivity contribution in [3.63, 3.8) is 0 Å². The Bertz CT molecular complexity index is 837. The maximum Gasteiger partial charge on any atom is 0.328 e. The minimum Gasteiger partial charge on any atom is -0.495 e. The molecular weight excluding hydrogens is 344 g/mol. The number of aromatic nitrogens is 1. The first-order valence-corrected chi connectivity index (χ1v) is 8.71. The van der Waals surface area contributed by atoms with Crippen LogP contribution in [0.5, 0.6) is 5.75 Å². The number of hydrogen-bond acceptors (Lipinski definition) is 3. The molecule has 3 rings (SSSR count). The number of hydrogen-bond donors (Lipinski definition) is 1. The van der Waals surface area contributed by atoms with Crippen LogP contribution in [0.15, 0.2) is 12.1 Å². The fraction of sp³-hybridized carbons (Fsp3) is 0.444. The Morgan fingerprint density at radius 2 is 1.92 bits per heavy atom. The number of methoxy groups -OCH3 is 1. The number of amides is 1. The number of likely N-dealkylation sites (tertiary alicyclic amines) is 1. The predicted molar refractivity (Wildman–Crippen MR) is 95.8 cm³/mol. The van der Waals surface area contributed by atoms with Crippen molar-refractivity contribution in [2.75, 3.05) is 20.2 Å². The number of piperidine rings is 1. The van der Waals surface area contributed by atoms with Crippen molar-refractivity contribution < 1.29 is 19.4 Å². The van der Waals surface area contributed by atoms with E-state index in [9.17, 15) is 14.7 Å². The lowest BCUT2D eigenvalue weighted by molar-refractivity contribution is -0.136. The monoisotopic (exact) mass is 364 g/mol. The first-order chi connectivity index (χ1) is 12.0. The van der Waals surface area contributed by atoms with Crippen LogP contribution in [-0.2, 0) is 11.2 Å². The molecule has 1 fully saturated rings. The molecule has 1 aromatic heterocycles. The first kappa shape index (κ1) is 17.6. The minimum atomic E-state index is -0.966. The third-order valence-corrected chi connectivity index (χ3v) is 5.14. The van der Waals surface area contributed by atoms with E-state index in [0.717, 1.165) is 32.4 Å². The van der Waals surface area contributed by atoms with E-state index in [1.54, 1.807) is 23.6 Å². The standard InChI is InChI=1S/C18H21ClN2O4/c1-11-12(10-15(22)23)16-13(6-7-14(25-2)17(16)19)21(11)18(24)20-8-4-3-5-9-20/h6-7H,3-5,8-10H2,1-2H3,(H,22,23). The number of rotatable bonds is 3. The van der Waals surface area contributed by atoms with Crippen molar-refractivity contribution in [3.8, 4) is 5.75 Å². The van der Waals surface area contributed by atoms with Gasteiger partial charge in [0.25, 0.3) is 0 Å². The fourth-order valence-corrected chi connectivity index (χ4v) is 3.87. The molecule has 6 nitrogen and oxygen atoms in total. The van der Waals surface area contributed by atoms with Gasteiger partial charge in [0.15, 0.2) is 0 Å². The highest BCUT2D eigenvalue weighted by atomic mass is 35.5. The molecule has 0 unspecified atom stereocenters. The summed E-state index contributed by atoms with van der Waals surface area (Å²) in [5.41, 5.74) is 1.79. The Morgan fingerprint density at radius 3 is 2.52 bits per heavy atom. The summed E-state index contributed by atoms with van der Waals surface area (Å²) in [5.74, 6) is -0.505. The van der Waals surface area contributed by atoms with E-state index in [1.807, 2.05) is 4.90 Å². The highest BCUT2D eigenvalue weighted by Crippen LogP contribution is 2.38. The SMILES string of the molecule is COc1ccc2c(c1Cl)c(CC(=O)O)c(C)n2C(=O)N1CCCCC1. The molecule has 0 spiro atoms. The van der Waals surface area contributed by atoms with Gasteiger partial charge in [0, 0.05) is 24.2 Å². The second-order valence-electron chi connectivity index (χ2n) is 6.28. The van der Waals surface area contributed by atoms with E-state index in [-0.39, 0.29) is 12.5 Å². The minimum absolute atomic E-state index is 0.125. The summed E-state index contributed by atoms with van der Waals surface area (Å²) in [6.07, 6.45) is 2.90. The largest absolute Gasteiger partial charge is 0.495 e. The summed E-state index contributed by atoms with van der Waals surface area (Å²) in [6.45, 7) is 3.20. The molecule has 0 bridgehead atoms. The van der Waals surface area contributed by atoms with Crippen LogP contribution in [0.25, 0.3) is 10.9 Å². The molecule has 7 heteroatoms. The van der Waals surface area contributed by atoms with Crippen LogP contribution in [0.4, 0.5) is 4.79 Å². The number of ether oxygens (including phenoxy) is 1. The summed E-state index contributed by atoms with van der Waals surface area (Å²) >= 11 is 6.45. The zero-order valence-corrected chi connectivity index (χ0v) is 15.1. The maximum absolute atomic E-state index is 13.1. The number of halogens is 1. The van der Waals surface area contributed by atoms with Gasteiger partial charge in [0.05, 0.1) is 24.1 Å². The topological polar surface area (TPSA) is 71.8 Å². The Hall–Kier alpha value is -2.21. The third kappa shape index (κ3) is 3.06. The van der Waals surface area contributed by atoms with E-state index in [1.165, 1.54) is 7.11 Å². The van der Waals surface area contributed by atoms with E-state index in [0.29, 0.717) is 32.9 Å². The number of fused-ring (bicyclic) bond motifs is 1. The highest BCUT2D eigenvalue weighted by Gasteiger charge is 2.26. The number of carbonyl (C=O) groups is 2. The Balaban J connectivity index is 2.21. The van der Waals surface area contributed by atoms with Gasteiger partial charge in [0.1, 0.15) is 5.75 Å². The van der Waals surface area contributed by atoms with E-state index in [4.69, 9.17) is 16.3 Å². The zero-order chi connectivity index (χ0) is 18.1. The van der Waals surface area contributed by atoms with Gasteiger partial charge < -0.3 is 14.7 Å². The molecule has 0 atom stereocenters. The van der Waals surface area contributed by atoms with Crippen LogP contribution < -0.4 is 4.74 Å². The molecular formula is C18H21ClN2O4. The van der Waals surface area contributed by atoms with Crippen LogP contribution in [0.1, 0.15) is 30.5 Å². The van der Waals surface area contributed by atoms with Crippen LogP contribution in [0.2, 0.25) is 5.02 Å². The van der Waals surface area contributed by atoms with Gasteiger partial charge in [0.2, 0.25) is 0 Å². The lowest BCUT2D eigenvalue weighted by Gasteiger charge is -2.27. The van der Waals surface area contributed by atoms with Crippen molar-refractivity contribution in [3.05, 3.63) is 28.4 Å². The average Bonchev–Trinajstić information content (AvgIpc) is 2.87. The van der Waals surface area contributed by atoms with Gasteiger partial charge in [-0.2, -0.15) is 0 Å². The van der Waals surface area contributed by atoms with Crippen molar-refractivity contribution >= 4 is 34.5 Å². The van der Waals surface area contributed by atoms with Crippen molar-refractivity contribution in [2.45, 2.75) is 32.6 Å². The van der Waals surface area contributed by atoms with Crippen molar-refractivity contribution in [1.82, 2.24) is 9.47 Å². The summed E-state index contributed by atoms with van der Waals surface area (Å²) in [4.78, 5) is 26.2. The van der Waals surface area contributed by atoms with Gasteiger partial charge >= 0.3 is 12.0 Å². The molecule has 0 radical (unpaired) electrons. The molecule has 1 aliphatic rings. The third-order valence-electron chi connectivity index (χ3n) is 4.77. The molecule has 0 saturated carbocycles. The van der Waals surface area contributed by atoms with Crippen molar-refractivity contribution in [2.24, 2.45) is 0 Å². The number of carboxylic acid groups (broad SMARTS) is 1. The van der Waals surface area contributed by atoms with Crippen LogP contribution >= 0.6 is 11.6 Å². The lowest BCUT2D eigenvalue weighted by atomic mass is 10.1. The Labute approximate surface area is 150 Å². The van der Waals surface area contributed by atoms with Gasteiger partial charge in [-0.1, -0.05) is 11.6 Å². The highest BCUT2D eigenvalue weighted by molar-refractivity contribution is 6.37. The molecule has 134 valence electrons. The summed E-state index contributed by atoms with van der Waals surface area (Å²) in [6, 6.07) is 3.34. The van der Waals surface area contributed by atoms with Crippen LogP contribution in [0.3, 0.4) is 0 Å². The molecule has 1 aromatic carbocycles. The molecule has 2 aromatic rings. The Morgan fingerprint density at radius 1 is 1.24 bits per heavy atom. The smallest absolute Gasteiger partial charge is 0.328 e. The molecule has 2 heterocycles. The maximum atomic E-state index is 13.1. The van der Waals surface area contributed by atoms with Gasteiger partial charge in [-0.15, -0.1) is 0 Å². The molecule has 1 amide bonds. The number of benzene rings is 1. The number of nitrogens with zero attached hydrogens (tertiary/aromatic N) is 2. The fourth-order valence-electron chi connectivity index (χ4n) is 3.52. The summed E-state index contributed by atoms with van der Waals surface area (Å²) in [5, 5.41) is 10.2. The molecule has 1 aliphatic heterocycles. The molecule has 1 saturated heterocycles. The predicted octanol–water partition coefficient (Wildman–Crippen LogP) is 3.69. The first-order valence-electron chi connectivity index (χ1n) is 8.33. The second kappa shape index (κ2) is 6.96. The summed E-state index contributed by atoms with van der Waals surface area (Å²) in [7, 11) is 1.51. The van der Waals surface area contributed by atoms with E-state index >= 15 is 0 Å².